The predicted octanol–water partition coefficient (Wildman–Crippen LogP) is 3.07. The summed E-state index contributed by atoms with van der Waals surface area (Å²) in [6.45, 7) is 0.0326. The van der Waals surface area contributed by atoms with E-state index in [1.807, 2.05) is 0 Å². The molecule has 0 amide bonds. The van der Waals surface area contributed by atoms with Crippen LogP contribution in [0.25, 0.3) is 0 Å². The van der Waals surface area contributed by atoms with Crippen molar-refractivity contribution in [2.45, 2.75) is 18.0 Å². The van der Waals surface area contributed by atoms with Gasteiger partial charge in [-0.15, -0.1) is 0 Å². The Labute approximate surface area is 136 Å². The number of halogens is 2. The van der Waals surface area contributed by atoms with E-state index in [9.17, 15) is 8.42 Å². The van der Waals surface area contributed by atoms with E-state index >= 15 is 0 Å². The van der Waals surface area contributed by atoms with E-state index in [1.165, 1.54) is 6.07 Å². The fraction of sp³-hybridized carbons (Fsp3) is 0.143. The molecule has 0 heterocycles. The molecule has 2 aromatic rings. The molecule has 0 saturated heterocycles. The lowest BCUT2D eigenvalue weighted by molar-refractivity contribution is 0.281. The van der Waals surface area contributed by atoms with Gasteiger partial charge in [-0.3, -0.25) is 0 Å². The summed E-state index contributed by atoms with van der Waals surface area (Å²) in [4.78, 5) is 0.133. The molecule has 0 saturated carbocycles. The van der Waals surface area contributed by atoms with Crippen LogP contribution in [0.2, 0.25) is 5.02 Å². The Balaban J connectivity index is 2.16. The number of benzene rings is 2. The zero-order chi connectivity index (χ0) is 15.5. The summed E-state index contributed by atoms with van der Waals surface area (Å²) in [5.74, 6) is 0. The first-order valence-electron chi connectivity index (χ1n) is 6.06. The van der Waals surface area contributed by atoms with E-state index in [0.717, 1.165) is 5.56 Å². The largest absolute Gasteiger partial charge is 0.392 e. The molecule has 0 aromatic heterocycles. The fourth-order valence-electron chi connectivity index (χ4n) is 1.72. The number of aliphatic hydroxyl groups is 1. The number of aliphatic hydroxyl groups excluding tert-OH is 1. The molecule has 2 rings (SSSR count). The number of nitrogens with one attached hydrogen (secondary N) is 1. The van der Waals surface area contributed by atoms with E-state index in [1.54, 1.807) is 36.4 Å². The molecule has 0 aliphatic rings. The first kappa shape index (κ1) is 16.5. The molecule has 0 fully saturated rings. The average molecular weight is 391 g/mol. The SMILES string of the molecule is O=S(=O)(NCc1ccc(Cl)cc1)c1ccc(CO)cc1Br. The van der Waals surface area contributed by atoms with E-state index in [4.69, 9.17) is 16.7 Å². The van der Waals surface area contributed by atoms with Gasteiger partial charge in [0.25, 0.3) is 0 Å². The van der Waals surface area contributed by atoms with Crippen molar-refractivity contribution in [3.8, 4) is 0 Å². The fourth-order valence-corrected chi connectivity index (χ4v) is 3.99. The van der Waals surface area contributed by atoms with Gasteiger partial charge in [0.1, 0.15) is 0 Å². The van der Waals surface area contributed by atoms with Gasteiger partial charge in [0.05, 0.1) is 11.5 Å². The highest BCUT2D eigenvalue weighted by atomic mass is 79.9. The molecule has 2 aromatic carbocycles. The van der Waals surface area contributed by atoms with Crippen LogP contribution >= 0.6 is 27.5 Å². The second-order valence-corrected chi connectivity index (χ2v) is 7.40. The highest BCUT2D eigenvalue weighted by molar-refractivity contribution is 9.10. The van der Waals surface area contributed by atoms with Gasteiger partial charge in [-0.1, -0.05) is 29.8 Å². The van der Waals surface area contributed by atoms with E-state index in [2.05, 4.69) is 20.7 Å². The zero-order valence-corrected chi connectivity index (χ0v) is 14.0. The molecule has 112 valence electrons. The summed E-state index contributed by atoms with van der Waals surface area (Å²) in [6.07, 6.45) is 0. The van der Waals surface area contributed by atoms with Crippen LogP contribution in [0.4, 0.5) is 0 Å². The Bertz CT molecular complexity index is 732. The Morgan fingerprint density at radius 1 is 1.10 bits per heavy atom. The Hall–Kier alpha value is -0.920. The van der Waals surface area contributed by atoms with Crippen molar-refractivity contribution >= 4 is 37.6 Å². The first-order chi connectivity index (χ1) is 9.92. The van der Waals surface area contributed by atoms with E-state index in [-0.39, 0.29) is 18.0 Å². The third kappa shape index (κ3) is 4.28. The highest BCUT2D eigenvalue weighted by Crippen LogP contribution is 2.23. The van der Waals surface area contributed by atoms with Gasteiger partial charge in [-0.2, -0.15) is 0 Å². The van der Waals surface area contributed by atoms with Gasteiger partial charge >= 0.3 is 0 Å². The molecule has 0 radical (unpaired) electrons. The quantitative estimate of drug-likeness (QED) is 0.824. The van der Waals surface area contributed by atoms with E-state index in [0.29, 0.717) is 15.1 Å². The van der Waals surface area contributed by atoms with Crippen molar-refractivity contribution in [3.05, 3.63) is 63.1 Å². The Morgan fingerprint density at radius 3 is 2.29 bits per heavy atom. The van der Waals surface area contributed by atoms with Crippen LogP contribution in [0.3, 0.4) is 0 Å². The number of hydrogen-bond donors (Lipinski definition) is 2. The maximum Gasteiger partial charge on any atom is 0.241 e. The summed E-state index contributed by atoms with van der Waals surface area (Å²) >= 11 is 8.99. The van der Waals surface area contributed by atoms with Gasteiger partial charge in [0, 0.05) is 16.0 Å². The highest BCUT2D eigenvalue weighted by Gasteiger charge is 2.17. The van der Waals surface area contributed by atoms with Crippen LogP contribution in [-0.4, -0.2) is 13.5 Å². The summed E-state index contributed by atoms with van der Waals surface area (Å²) in [5, 5.41) is 9.63. The lowest BCUT2D eigenvalue weighted by Crippen LogP contribution is -2.23. The molecular formula is C14H13BrClNO3S. The van der Waals surface area contributed by atoms with Crippen molar-refractivity contribution in [2.24, 2.45) is 0 Å². The molecule has 21 heavy (non-hydrogen) atoms. The molecule has 4 nitrogen and oxygen atoms in total. The maximum absolute atomic E-state index is 12.3. The minimum atomic E-state index is -3.64. The van der Waals surface area contributed by atoms with Gasteiger partial charge < -0.3 is 5.11 Å². The van der Waals surface area contributed by atoms with Gasteiger partial charge in [-0.25, -0.2) is 13.1 Å². The van der Waals surface area contributed by atoms with Gasteiger partial charge in [0.15, 0.2) is 0 Å². The van der Waals surface area contributed by atoms with Gasteiger partial charge in [0.2, 0.25) is 10.0 Å². The summed E-state index contributed by atoms with van der Waals surface area (Å²) in [5.41, 5.74) is 1.45. The third-order valence-corrected chi connectivity index (χ3v) is 5.48. The maximum atomic E-state index is 12.3. The topological polar surface area (TPSA) is 66.4 Å². The van der Waals surface area contributed by atoms with Crippen molar-refractivity contribution in [3.63, 3.8) is 0 Å². The number of rotatable bonds is 5. The second kappa shape index (κ2) is 6.89. The monoisotopic (exact) mass is 389 g/mol. The molecule has 0 unspecified atom stereocenters. The minimum Gasteiger partial charge on any atom is -0.392 e. The van der Waals surface area contributed by atoms with Crippen LogP contribution in [0.15, 0.2) is 51.8 Å². The summed E-state index contributed by atoms with van der Waals surface area (Å²) in [6, 6.07) is 11.5. The molecular weight excluding hydrogens is 378 g/mol. The molecule has 7 heteroatoms. The van der Waals surface area contributed by atoms with Crippen LogP contribution in [-0.2, 0) is 23.2 Å². The lowest BCUT2D eigenvalue weighted by Gasteiger charge is -2.09. The molecule has 2 N–H and O–H groups in total. The predicted molar refractivity (Wildman–Crippen MR) is 85.5 cm³/mol. The van der Waals surface area contributed by atoms with E-state index < -0.39 is 10.0 Å². The summed E-state index contributed by atoms with van der Waals surface area (Å²) in [7, 11) is -3.64. The normalized spacial score (nSPS) is 11.6. The Morgan fingerprint density at radius 2 is 1.71 bits per heavy atom. The van der Waals surface area contributed by atoms with Crippen molar-refractivity contribution in [1.82, 2.24) is 4.72 Å². The molecule has 0 spiro atoms. The lowest BCUT2D eigenvalue weighted by atomic mass is 10.2. The summed E-state index contributed by atoms with van der Waals surface area (Å²) < 4.78 is 27.5. The first-order valence-corrected chi connectivity index (χ1v) is 8.71. The molecule has 0 bridgehead atoms. The third-order valence-electron chi connectivity index (χ3n) is 2.85. The average Bonchev–Trinajstić information content (AvgIpc) is 2.46. The van der Waals surface area contributed by atoms with Crippen molar-refractivity contribution in [1.29, 1.82) is 0 Å². The number of hydrogen-bond acceptors (Lipinski definition) is 3. The molecule has 0 aliphatic heterocycles. The molecule has 0 atom stereocenters. The van der Waals surface area contributed by atoms with Gasteiger partial charge in [-0.05, 0) is 51.3 Å². The zero-order valence-electron chi connectivity index (χ0n) is 10.9. The standard InChI is InChI=1S/C14H13BrClNO3S/c15-13-7-11(9-18)3-6-14(13)21(19,20)17-8-10-1-4-12(16)5-2-10/h1-7,17-18H,8-9H2. The number of sulfonamides is 1. The van der Waals surface area contributed by atoms with Crippen LogP contribution in [0.5, 0.6) is 0 Å². The van der Waals surface area contributed by atoms with Crippen molar-refractivity contribution < 1.29 is 13.5 Å². The van der Waals surface area contributed by atoms with Crippen LogP contribution < -0.4 is 4.72 Å². The van der Waals surface area contributed by atoms with Crippen LogP contribution in [0.1, 0.15) is 11.1 Å². The second-order valence-electron chi connectivity index (χ2n) is 4.37. The molecule has 0 aliphatic carbocycles. The van der Waals surface area contributed by atoms with Crippen LogP contribution in [0, 0.1) is 0 Å². The Kier molecular flexibility index (Phi) is 5.40. The van der Waals surface area contributed by atoms with Crippen molar-refractivity contribution in [2.75, 3.05) is 0 Å². The smallest absolute Gasteiger partial charge is 0.241 e. The minimum absolute atomic E-state index is 0.133.